The zero-order chi connectivity index (χ0) is 16.4. The second-order valence-electron chi connectivity index (χ2n) is 5.50. The molecule has 2 aromatic rings. The monoisotopic (exact) mass is 324 g/mol. The molecule has 1 aromatic heterocycles. The molecular weight excluding hydrogens is 309 g/mol. The van der Waals surface area contributed by atoms with Crippen LogP contribution >= 0.6 is 0 Å². The van der Waals surface area contributed by atoms with Crippen molar-refractivity contribution in [1.29, 1.82) is 0 Å². The number of hydrogen-bond acceptors (Lipinski definition) is 3. The molecule has 0 bridgehead atoms. The van der Waals surface area contributed by atoms with E-state index in [-0.39, 0.29) is 19.2 Å². The van der Waals surface area contributed by atoms with Crippen LogP contribution in [-0.4, -0.2) is 41.2 Å². The van der Waals surface area contributed by atoms with E-state index in [1.165, 1.54) is 4.90 Å². The number of amides is 1. The van der Waals surface area contributed by atoms with Gasteiger partial charge in [0.25, 0.3) is 0 Å². The summed E-state index contributed by atoms with van der Waals surface area (Å²) in [4.78, 5) is 17.1. The molecule has 1 aliphatic heterocycles. The number of hydrogen-bond donors (Lipinski definition) is 0. The number of alkyl halides is 3. The van der Waals surface area contributed by atoms with Crippen molar-refractivity contribution in [2.75, 3.05) is 13.1 Å². The fraction of sp³-hybridized carbons (Fsp3) is 0.375. The Morgan fingerprint density at radius 1 is 1.26 bits per heavy atom. The van der Waals surface area contributed by atoms with Crippen molar-refractivity contribution in [1.82, 2.24) is 9.88 Å². The van der Waals surface area contributed by atoms with E-state index in [4.69, 9.17) is 4.74 Å². The second kappa shape index (κ2) is 6.06. The van der Waals surface area contributed by atoms with Crippen molar-refractivity contribution >= 4 is 16.8 Å². The molecule has 23 heavy (non-hydrogen) atoms. The van der Waals surface area contributed by atoms with Crippen LogP contribution in [-0.2, 0) is 4.79 Å². The summed E-state index contributed by atoms with van der Waals surface area (Å²) in [5.41, 5.74) is 0.785. The topological polar surface area (TPSA) is 42.4 Å². The molecule has 1 unspecified atom stereocenters. The van der Waals surface area contributed by atoms with Crippen LogP contribution in [0.5, 0.6) is 5.88 Å². The zero-order valence-corrected chi connectivity index (χ0v) is 12.2. The zero-order valence-electron chi connectivity index (χ0n) is 12.2. The number of rotatable bonds is 3. The number of halogens is 3. The van der Waals surface area contributed by atoms with Gasteiger partial charge in [-0.1, -0.05) is 18.2 Å². The van der Waals surface area contributed by atoms with Gasteiger partial charge in [0.15, 0.2) is 0 Å². The number of likely N-dealkylation sites (tertiary alicyclic amines) is 1. The van der Waals surface area contributed by atoms with Crippen LogP contribution in [0.25, 0.3) is 10.9 Å². The second-order valence-corrected chi connectivity index (χ2v) is 5.50. The highest BCUT2D eigenvalue weighted by molar-refractivity contribution is 5.79. The molecule has 1 aromatic carbocycles. The van der Waals surface area contributed by atoms with E-state index in [0.29, 0.717) is 12.3 Å². The van der Waals surface area contributed by atoms with Crippen molar-refractivity contribution in [2.45, 2.75) is 25.1 Å². The van der Waals surface area contributed by atoms with E-state index in [1.54, 1.807) is 6.07 Å². The van der Waals surface area contributed by atoms with Crippen LogP contribution in [0.2, 0.25) is 0 Å². The summed E-state index contributed by atoms with van der Waals surface area (Å²) in [6.45, 7) is 0.427. The summed E-state index contributed by atoms with van der Waals surface area (Å²) in [5, 5.41) is 0.980. The van der Waals surface area contributed by atoms with Gasteiger partial charge in [-0.3, -0.25) is 4.79 Å². The van der Waals surface area contributed by atoms with Gasteiger partial charge >= 0.3 is 6.18 Å². The number of para-hydroxylation sites is 1. The summed E-state index contributed by atoms with van der Waals surface area (Å²) in [5.74, 6) is -0.492. The molecule has 1 aliphatic rings. The van der Waals surface area contributed by atoms with Gasteiger partial charge in [0.1, 0.15) is 12.5 Å². The number of aromatic nitrogens is 1. The van der Waals surface area contributed by atoms with Gasteiger partial charge in [-0.25, -0.2) is 4.98 Å². The average molecular weight is 324 g/mol. The maximum atomic E-state index is 12.3. The first-order valence-corrected chi connectivity index (χ1v) is 7.28. The van der Waals surface area contributed by atoms with E-state index >= 15 is 0 Å². The molecule has 1 fully saturated rings. The van der Waals surface area contributed by atoms with Crippen LogP contribution in [0.1, 0.15) is 12.8 Å². The molecule has 0 radical (unpaired) electrons. The fourth-order valence-electron chi connectivity index (χ4n) is 2.62. The minimum absolute atomic E-state index is 0.156. The van der Waals surface area contributed by atoms with E-state index in [1.807, 2.05) is 30.3 Å². The standard InChI is InChI=1S/C16H15F3N2O2/c17-16(18,19)9-15(22)21-8-7-12(10-21)23-14-6-5-11-3-1-2-4-13(11)20-14/h1-6,12H,7-10H2. The third-order valence-corrected chi connectivity index (χ3v) is 3.71. The van der Waals surface area contributed by atoms with Gasteiger partial charge in [0.2, 0.25) is 11.8 Å². The predicted octanol–water partition coefficient (Wildman–Crippen LogP) is 3.17. The first-order chi connectivity index (χ1) is 10.9. The van der Waals surface area contributed by atoms with Crippen LogP contribution in [0.15, 0.2) is 36.4 Å². The minimum atomic E-state index is -4.48. The Bertz CT molecular complexity index is 718. The lowest BCUT2D eigenvalue weighted by atomic mass is 10.2. The molecule has 1 atom stereocenters. The Labute approximate surface area is 130 Å². The number of carbonyl (C=O) groups excluding carboxylic acids is 1. The molecule has 0 saturated carbocycles. The number of benzene rings is 1. The lowest BCUT2D eigenvalue weighted by Gasteiger charge is -2.18. The van der Waals surface area contributed by atoms with Crippen molar-refractivity contribution < 1.29 is 22.7 Å². The molecule has 122 valence electrons. The molecule has 4 nitrogen and oxygen atoms in total. The van der Waals surface area contributed by atoms with Crippen molar-refractivity contribution in [3.63, 3.8) is 0 Å². The summed E-state index contributed by atoms with van der Waals surface area (Å²) in [6.07, 6.45) is -5.73. The smallest absolute Gasteiger partial charge is 0.397 e. The minimum Gasteiger partial charge on any atom is -0.472 e. The number of ether oxygens (including phenoxy) is 1. The van der Waals surface area contributed by atoms with Gasteiger partial charge in [-0.05, 0) is 12.1 Å². The summed E-state index contributed by atoms with van der Waals surface area (Å²) < 4.78 is 42.5. The number of pyridine rings is 1. The van der Waals surface area contributed by atoms with Crippen LogP contribution < -0.4 is 4.74 Å². The molecule has 0 spiro atoms. The Morgan fingerprint density at radius 2 is 2.04 bits per heavy atom. The highest BCUT2D eigenvalue weighted by Gasteiger charge is 2.36. The Hall–Kier alpha value is -2.31. The quantitative estimate of drug-likeness (QED) is 0.871. The maximum absolute atomic E-state index is 12.3. The molecule has 2 heterocycles. The van der Waals surface area contributed by atoms with Crippen molar-refractivity contribution in [2.24, 2.45) is 0 Å². The highest BCUT2D eigenvalue weighted by Crippen LogP contribution is 2.24. The third kappa shape index (κ3) is 3.91. The summed E-state index contributed by atoms with van der Waals surface area (Å²) >= 11 is 0. The Kier molecular flexibility index (Phi) is 4.11. The number of carbonyl (C=O) groups is 1. The third-order valence-electron chi connectivity index (χ3n) is 3.71. The van der Waals surface area contributed by atoms with E-state index in [0.717, 1.165) is 10.9 Å². The van der Waals surface area contributed by atoms with Gasteiger partial charge in [-0.2, -0.15) is 13.2 Å². The van der Waals surface area contributed by atoms with Crippen molar-refractivity contribution in [3.05, 3.63) is 36.4 Å². The summed E-state index contributed by atoms with van der Waals surface area (Å²) in [6, 6.07) is 11.2. The molecule has 3 rings (SSSR count). The van der Waals surface area contributed by atoms with E-state index in [2.05, 4.69) is 4.98 Å². The number of fused-ring (bicyclic) bond motifs is 1. The first kappa shape index (κ1) is 15.6. The van der Waals surface area contributed by atoms with E-state index in [9.17, 15) is 18.0 Å². The predicted molar refractivity (Wildman–Crippen MR) is 78.0 cm³/mol. The molecule has 1 saturated heterocycles. The SMILES string of the molecule is O=C(CC(F)(F)F)N1CCC(Oc2ccc3ccccc3n2)C1. The summed E-state index contributed by atoms with van der Waals surface area (Å²) in [7, 11) is 0. The van der Waals surface area contributed by atoms with Gasteiger partial charge in [-0.15, -0.1) is 0 Å². The lowest BCUT2D eigenvalue weighted by molar-refractivity contribution is -0.160. The molecule has 1 amide bonds. The van der Waals surface area contributed by atoms with Crippen molar-refractivity contribution in [3.8, 4) is 5.88 Å². The Morgan fingerprint density at radius 3 is 2.83 bits per heavy atom. The largest absolute Gasteiger partial charge is 0.472 e. The van der Waals surface area contributed by atoms with Crippen LogP contribution in [0, 0.1) is 0 Å². The normalized spacial score (nSPS) is 18.4. The van der Waals surface area contributed by atoms with Crippen LogP contribution in [0.4, 0.5) is 13.2 Å². The number of nitrogens with zero attached hydrogens (tertiary/aromatic N) is 2. The maximum Gasteiger partial charge on any atom is 0.397 e. The first-order valence-electron chi connectivity index (χ1n) is 7.28. The van der Waals surface area contributed by atoms with Gasteiger partial charge in [0.05, 0.1) is 12.1 Å². The van der Waals surface area contributed by atoms with Gasteiger partial charge in [0, 0.05) is 24.4 Å². The molecular formula is C16H15F3N2O2. The average Bonchev–Trinajstić information content (AvgIpc) is 2.94. The highest BCUT2D eigenvalue weighted by atomic mass is 19.4. The molecule has 0 aliphatic carbocycles. The molecule has 7 heteroatoms. The Balaban J connectivity index is 1.61. The van der Waals surface area contributed by atoms with Gasteiger partial charge < -0.3 is 9.64 Å². The molecule has 0 N–H and O–H groups in total. The van der Waals surface area contributed by atoms with Crippen LogP contribution in [0.3, 0.4) is 0 Å². The lowest BCUT2D eigenvalue weighted by Crippen LogP contribution is -2.33. The van der Waals surface area contributed by atoms with E-state index < -0.39 is 18.5 Å². The fourth-order valence-corrected chi connectivity index (χ4v) is 2.62.